The second kappa shape index (κ2) is 7.13. The lowest BCUT2D eigenvalue weighted by Gasteiger charge is -2.23. The monoisotopic (exact) mass is 281 g/mol. The molecular formula is C13H15NO6. The van der Waals surface area contributed by atoms with Crippen LogP contribution < -0.4 is 9.64 Å². The summed E-state index contributed by atoms with van der Waals surface area (Å²) in [5.41, 5.74) is 0.318. The number of aliphatic carboxylic acids is 2. The molecule has 0 unspecified atom stereocenters. The van der Waals surface area contributed by atoms with E-state index in [1.807, 2.05) is 0 Å². The predicted octanol–water partition coefficient (Wildman–Crippen LogP) is 0.630. The molecule has 2 N–H and O–H groups in total. The summed E-state index contributed by atoms with van der Waals surface area (Å²) in [5.74, 6) is -2.24. The maximum absolute atomic E-state index is 10.9. The summed E-state index contributed by atoms with van der Waals surface area (Å²) in [4.78, 5) is 33.7. The van der Waals surface area contributed by atoms with Gasteiger partial charge < -0.3 is 19.8 Å². The SMILES string of the molecule is CC(=O)COc1ccccc1N(CC(=O)O)CC(=O)O. The van der Waals surface area contributed by atoms with Gasteiger partial charge in [0.05, 0.1) is 5.69 Å². The molecule has 108 valence electrons. The molecule has 7 heteroatoms. The number of benzene rings is 1. The van der Waals surface area contributed by atoms with Gasteiger partial charge in [-0.05, 0) is 19.1 Å². The Balaban J connectivity index is 3.01. The minimum atomic E-state index is -1.16. The van der Waals surface area contributed by atoms with E-state index in [2.05, 4.69) is 0 Å². The summed E-state index contributed by atoms with van der Waals surface area (Å²) in [5, 5.41) is 17.7. The zero-order valence-electron chi connectivity index (χ0n) is 10.9. The molecule has 1 aromatic carbocycles. The number of carboxylic acid groups (broad SMARTS) is 2. The Morgan fingerprint density at radius 3 is 2.15 bits per heavy atom. The predicted molar refractivity (Wildman–Crippen MR) is 70.1 cm³/mol. The van der Waals surface area contributed by atoms with Crippen LogP contribution in [0.5, 0.6) is 5.75 Å². The highest BCUT2D eigenvalue weighted by molar-refractivity contribution is 5.81. The lowest BCUT2D eigenvalue weighted by molar-refractivity contribution is -0.136. The van der Waals surface area contributed by atoms with Crippen molar-refractivity contribution in [2.75, 3.05) is 24.6 Å². The van der Waals surface area contributed by atoms with Gasteiger partial charge in [-0.25, -0.2) is 0 Å². The Labute approximate surface area is 115 Å². The van der Waals surface area contributed by atoms with Crippen molar-refractivity contribution < 1.29 is 29.3 Å². The molecule has 0 radical (unpaired) electrons. The second-order valence-corrected chi connectivity index (χ2v) is 4.10. The average Bonchev–Trinajstić information content (AvgIpc) is 2.34. The highest BCUT2D eigenvalue weighted by Crippen LogP contribution is 2.27. The van der Waals surface area contributed by atoms with Gasteiger partial charge in [0.2, 0.25) is 0 Å². The molecule has 20 heavy (non-hydrogen) atoms. The van der Waals surface area contributed by atoms with Crippen molar-refractivity contribution in [1.29, 1.82) is 0 Å². The maximum atomic E-state index is 10.9. The standard InChI is InChI=1S/C13H15NO6/c1-9(15)8-20-11-5-3-2-4-10(11)14(6-12(16)17)7-13(18)19/h2-5H,6-8H2,1H3,(H,16,17)(H,18,19). The van der Waals surface area contributed by atoms with Gasteiger partial charge in [-0.1, -0.05) is 12.1 Å². The largest absolute Gasteiger partial charge is 0.484 e. The maximum Gasteiger partial charge on any atom is 0.323 e. The van der Waals surface area contributed by atoms with E-state index in [1.54, 1.807) is 24.3 Å². The van der Waals surface area contributed by atoms with Crippen LogP contribution in [0, 0.1) is 0 Å². The number of carboxylic acids is 2. The van der Waals surface area contributed by atoms with E-state index in [-0.39, 0.29) is 18.1 Å². The molecule has 0 atom stereocenters. The summed E-state index contributed by atoms with van der Waals surface area (Å²) in [7, 11) is 0. The molecule has 0 bridgehead atoms. The Morgan fingerprint density at radius 2 is 1.65 bits per heavy atom. The molecular weight excluding hydrogens is 266 g/mol. The summed E-state index contributed by atoms with van der Waals surface area (Å²) in [6.45, 7) is 0.235. The van der Waals surface area contributed by atoms with Crippen molar-refractivity contribution in [3.8, 4) is 5.75 Å². The molecule has 7 nitrogen and oxygen atoms in total. The van der Waals surface area contributed by atoms with Gasteiger partial charge in [0.1, 0.15) is 25.4 Å². The van der Waals surface area contributed by atoms with Gasteiger partial charge >= 0.3 is 11.9 Å². The number of ketones is 1. The number of rotatable bonds is 8. The number of para-hydroxylation sites is 2. The molecule has 0 aliphatic rings. The zero-order chi connectivity index (χ0) is 15.1. The van der Waals surface area contributed by atoms with Crippen molar-refractivity contribution in [2.45, 2.75) is 6.92 Å². The van der Waals surface area contributed by atoms with Crippen LogP contribution in [0.2, 0.25) is 0 Å². The third-order valence-electron chi connectivity index (χ3n) is 2.29. The Kier molecular flexibility index (Phi) is 5.52. The third-order valence-corrected chi connectivity index (χ3v) is 2.29. The van der Waals surface area contributed by atoms with Crippen LogP contribution in [-0.4, -0.2) is 47.6 Å². The van der Waals surface area contributed by atoms with E-state index in [4.69, 9.17) is 14.9 Å². The number of hydrogen-bond acceptors (Lipinski definition) is 5. The van der Waals surface area contributed by atoms with Gasteiger partial charge in [-0.3, -0.25) is 14.4 Å². The van der Waals surface area contributed by atoms with E-state index in [0.717, 1.165) is 4.90 Å². The van der Waals surface area contributed by atoms with E-state index in [9.17, 15) is 14.4 Å². The molecule has 1 rings (SSSR count). The normalized spacial score (nSPS) is 9.85. The molecule has 0 fully saturated rings. The number of ether oxygens (including phenoxy) is 1. The highest BCUT2D eigenvalue weighted by Gasteiger charge is 2.18. The molecule has 0 aliphatic heterocycles. The number of nitrogens with zero attached hydrogens (tertiary/aromatic N) is 1. The van der Waals surface area contributed by atoms with E-state index in [1.165, 1.54) is 6.92 Å². The van der Waals surface area contributed by atoms with Crippen molar-refractivity contribution in [1.82, 2.24) is 0 Å². The number of anilines is 1. The molecule has 0 aliphatic carbocycles. The molecule has 1 aromatic rings. The summed E-state index contributed by atoms with van der Waals surface area (Å²) >= 11 is 0. The smallest absolute Gasteiger partial charge is 0.323 e. The quantitative estimate of drug-likeness (QED) is 0.720. The van der Waals surface area contributed by atoms with Crippen LogP contribution in [0.3, 0.4) is 0 Å². The fourth-order valence-corrected chi connectivity index (χ4v) is 1.57. The first kappa shape index (κ1) is 15.5. The first-order valence-electron chi connectivity index (χ1n) is 5.80. The van der Waals surface area contributed by atoms with E-state index >= 15 is 0 Å². The Morgan fingerprint density at radius 1 is 1.10 bits per heavy atom. The fraction of sp³-hybridized carbons (Fsp3) is 0.308. The van der Waals surface area contributed by atoms with E-state index < -0.39 is 25.0 Å². The third kappa shape index (κ3) is 4.97. The first-order valence-corrected chi connectivity index (χ1v) is 5.80. The fourth-order valence-electron chi connectivity index (χ4n) is 1.57. The van der Waals surface area contributed by atoms with Crippen LogP contribution in [-0.2, 0) is 14.4 Å². The number of Topliss-reactive ketones (excluding diaryl/α,β-unsaturated/α-hetero) is 1. The molecule has 0 spiro atoms. The highest BCUT2D eigenvalue weighted by atomic mass is 16.5. The van der Waals surface area contributed by atoms with Gasteiger partial charge in [0.15, 0.2) is 5.78 Å². The van der Waals surface area contributed by atoms with E-state index in [0.29, 0.717) is 5.69 Å². The van der Waals surface area contributed by atoms with Crippen molar-refractivity contribution in [3.63, 3.8) is 0 Å². The molecule has 0 saturated heterocycles. The van der Waals surface area contributed by atoms with Gasteiger partial charge in [-0.15, -0.1) is 0 Å². The van der Waals surface area contributed by atoms with Crippen molar-refractivity contribution in [2.24, 2.45) is 0 Å². The van der Waals surface area contributed by atoms with Gasteiger partial charge in [0.25, 0.3) is 0 Å². The topological polar surface area (TPSA) is 104 Å². The Hall–Kier alpha value is -2.57. The van der Waals surface area contributed by atoms with Crippen LogP contribution in [0.15, 0.2) is 24.3 Å². The number of hydrogen-bond donors (Lipinski definition) is 2. The zero-order valence-corrected chi connectivity index (χ0v) is 10.9. The second-order valence-electron chi connectivity index (χ2n) is 4.10. The minimum Gasteiger partial charge on any atom is -0.484 e. The Bertz CT molecular complexity index is 497. The van der Waals surface area contributed by atoms with Crippen LogP contribution in [0.4, 0.5) is 5.69 Å². The average molecular weight is 281 g/mol. The lowest BCUT2D eigenvalue weighted by atomic mass is 10.2. The van der Waals surface area contributed by atoms with Crippen LogP contribution in [0.1, 0.15) is 6.92 Å². The van der Waals surface area contributed by atoms with Crippen molar-refractivity contribution in [3.05, 3.63) is 24.3 Å². The van der Waals surface area contributed by atoms with Crippen LogP contribution in [0.25, 0.3) is 0 Å². The first-order chi connectivity index (χ1) is 9.40. The summed E-state index contributed by atoms with van der Waals surface area (Å²) in [6, 6.07) is 6.38. The van der Waals surface area contributed by atoms with Crippen LogP contribution >= 0.6 is 0 Å². The molecule has 0 aromatic heterocycles. The van der Waals surface area contributed by atoms with Gasteiger partial charge in [-0.2, -0.15) is 0 Å². The van der Waals surface area contributed by atoms with Gasteiger partial charge in [0, 0.05) is 0 Å². The number of carbonyl (C=O) groups is 3. The molecule has 0 amide bonds. The summed E-state index contributed by atoms with van der Waals surface area (Å²) in [6.07, 6.45) is 0. The molecule has 0 saturated carbocycles. The lowest BCUT2D eigenvalue weighted by Crippen LogP contribution is -2.34. The summed E-state index contributed by atoms with van der Waals surface area (Å²) < 4.78 is 5.27. The minimum absolute atomic E-state index is 0.162. The van der Waals surface area contributed by atoms with Crippen molar-refractivity contribution >= 4 is 23.4 Å². The molecule has 0 heterocycles. The number of carbonyl (C=O) groups excluding carboxylic acids is 1.